The molecule has 0 heterocycles. The van der Waals surface area contributed by atoms with Gasteiger partial charge in [-0.25, -0.2) is 9.59 Å². The summed E-state index contributed by atoms with van der Waals surface area (Å²) >= 11 is 0. The SMILES string of the molecule is CC(C)[C@H](NC(=O)OCc1ccccc1)C(=O)N[C@H](C=CC(=O)OC(C)(C)C)CO. The standard InChI is InChI=1S/C22H32N2O6/c1-15(2)19(24-21(28)29-14-16-9-7-6-8-10-16)20(27)23-17(13-25)11-12-18(26)30-22(3,4)5/h6-12,15,17,19,25H,13-14H2,1-5H3,(H,23,27)(H,24,28)/t17-,19+/m1/s1. The molecule has 166 valence electrons. The molecule has 8 heteroatoms. The van der Waals surface area contributed by atoms with Crippen molar-refractivity contribution in [3.63, 3.8) is 0 Å². The molecule has 0 aliphatic carbocycles. The predicted octanol–water partition coefficient (Wildman–Crippen LogP) is 2.31. The topological polar surface area (TPSA) is 114 Å². The van der Waals surface area contributed by atoms with Crippen molar-refractivity contribution in [2.75, 3.05) is 6.61 Å². The largest absolute Gasteiger partial charge is 0.457 e. The van der Waals surface area contributed by atoms with Crippen LogP contribution in [0.2, 0.25) is 0 Å². The molecule has 0 aliphatic rings. The number of benzene rings is 1. The molecule has 0 aromatic heterocycles. The van der Waals surface area contributed by atoms with Gasteiger partial charge in [-0.15, -0.1) is 0 Å². The van der Waals surface area contributed by atoms with E-state index in [0.717, 1.165) is 11.6 Å². The van der Waals surface area contributed by atoms with Crippen LogP contribution in [0.25, 0.3) is 0 Å². The minimum absolute atomic E-state index is 0.0804. The number of amides is 2. The molecule has 30 heavy (non-hydrogen) atoms. The molecule has 0 saturated heterocycles. The second-order valence-electron chi connectivity index (χ2n) is 8.12. The molecule has 0 unspecified atom stereocenters. The molecule has 8 nitrogen and oxygen atoms in total. The highest BCUT2D eigenvalue weighted by atomic mass is 16.6. The number of aliphatic hydroxyl groups is 1. The Morgan fingerprint density at radius 2 is 1.73 bits per heavy atom. The van der Waals surface area contributed by atoms with Gasteiger partial charge in [0.1, 0.15) is 18.2 Å². The highest BCUT2D eigenvalue weighted by Crippen LogP contribution is 2.08. The normalized spacial score (nSPS) is 13.6. The van der Waals surface area contributed by atoms with Crippen LogP contribution in [0.1, 0.15) is 40.2 Å². The van der Waals surface area contributed by atoms with E-state index in [0.29, 0.717) is 0 Å². The number of nitrogens with one attached hydrogen (secondary N) is 2. The average Bonchev–Trinajstić information content (AvgIpc) is 2.66. The lowest BCUT2D eigenvalue weighted by atomic mass is 10.0. The zero-order valence-electron chi connectivity index (χ0n) is 18.2. The van der Waals surface area contributed by atoms with Crippen LogP contribution in [0.4, 0.5) is 4.79 Å². The van der Waals surface area contributed by atoms with Crippen LogP contribution in [0.15, 0.2) is 42.5 Å². The zero-order valence-corrected chi connectivity index (χ0v) is 18.2. The Balaban J connectivity index is 2.63. The monoisotopic (exact) mass is 420 g/mol. The minimum atomic E-state index is -0.878. The van der Waals surface area contributed by atoms with E-state index in [4.69, 9.17) is 9.47 Å². The lowest BCUT2D eigenvalue weighted by Gasteiger charge is -2.23. The third-order valence-corrected chi connectivity index (χ3v) is 3.83. The number of aliphatic hydroxyl groups excluding tert-OH is 1. The van der Waals surface area contributed by atoms with Crippen LogP contribution in [0.5, 0.6) is 0 Å². The summed E-state index contributed by atoms with van der Waals surface area (Å²) in [5.74, 6) is -1.32. The van der Waals surface area contributed by atoms with Gasteiger partial charge in [-0.2, -0.15) is 0 Å². The summed E-state index contributed by atoms with van der Waals surface area (Å²) in [6.07, 6.45) is 1.77. The van der Waals surface area contributed by atoms with E-state index in [9.17, 15) is 19.5 Å². The van der Waals surface area contributed by atoms with Crippen molar-refractivity contribution >= 4 is 18.0 Å². The fourth-order valence-corrected chi connectivity index (χ4v) is 2.38. The van der Waals surface area contributed by atoms with Crippen molar-refractivity contribution < 1.29 is 29.0 Å². The second-order valence-corrected chi connectivity index (χ2v) is 8.12. The first-order chi connectivity index (χ1) is 14.0. The second kappa shape index (κ2) is 12.0. The summed E-state index contributed by atoms with van der Waals surface area (Å²) in [6, 6.07) is 7.48. The number of carbonyl (C=O) groups excluding carboxylic acids is 3. The first-order valence-corrected chi connectivity index (χ1v) is 9.81. The average molecular weight is 421 g/mol. The summed E-state index contributed by atoms with van der Waals surface area (Å²) in [5, 5.41) is 14.6. The van der Waals surface area contributed by atoms with Gasteiger partial charge in [0.2, 0.25) is 5.91 Å². The molecule has 0 aliphatic heterocycles. The van der Waals surface area contributed by atoms with Crippen molar-refractivity contribution in [1.29, 1.82) is 0 Å². The van der Waals surface area contributed by atoms with Gasteiger partial charge in [0.05, 0.1) is 12.6 Å². The summed E-state index contributed by atoms with van der Waals surface area (Å²) in [7, 11) is 0. The number of hydrogen-bond acceptors (Lipinski definition) is 6. The Hall–Kier alpha value is -2.87. The molecular formula is C22H32N2O6. The Kier molecular flexibility index (Phi) is 10.0. The van der Waals surface area contributed by atoms with Crippen molar-refractivity contribution in [1.82, 2.24) is 10.6 Å². The predicted molar refractivity (Wildman–Crippen MR) is 112 cm³/mol. The van der Waals surface area contributed by atoms with Crippen molar-refractivity contribution in [2.45, 2.75) is 58.9 Å². The van der Waals surface area contributed by atoms with Crippen LogP contribution in [-0.4, -0.2) is 47.4 Å². The molecular weight excluding hydrogens is 388 g/mol. The van der Waals surface area contributed by atoms with Gasteiger partial charge in [-0.1, -0.05) is 50.3 Å². The molecule has 0 fully saturated rings. The van der Waals surface area contributed by atoms with Gasteiger partial charge >= 0.3 is 12.1 Å². The summed E-state index contributed by atoms with van der Waals surface area (Å²) < 4.78 is 10.3. The molecule has 2 amide bonds. The maximum absolute atomic E-state index is 12.6. The Labute approximate surface area is 177 Å². The van der Waals surface area contributed by atoms with Gasteiger partial charge in [-0.3, -0.25) is 4.79 Å². The number of rotatable bonds is 9. The first kappa shape index (κ1) is 25.2. The van der Waals surface area contributed by atoms with E-state index in [1.165, 1.54) is 6.08 Å². The third-order valence-electron chi connectivity index (χ3n) is 3.83. The van der Waals surface area contributed by atoms with E-state index in [-0.39, 0.29) is 12.5 Å². The van der Waals surface area contributed by atoms with Gasteiger partial charge < -0.3 is 25.2 Å². The lowest BCUT2D eigenvalue weighted by Crippen LogP contribution is -2.52. The highest BCUT2D eigenvalue weighted by molar-refractivity contribution is 5.86. The summed E-state index contributed by atoms with van der Waals surface area (Å²) in [6.45, 7) is 8.41. The van der Waals surface area contributed by atoms with Gasteiger partial charge in [0.15, 0.2) is 0 Å². The van der Waals surface area contributed by atoms with Crippen LogP contribution in [0.3, 0.4) is 0 Å². The number of esters is 1. The van der Waals surface area contributed by atoms with E-state index < -0.39 is 42.3 Å². The Morgan fingerprint density at radius 3 is 2.27 bits per heavy atom. The van der Waals surface area contributed by atoms with Gasteiger partial charge in [-0.05, 0) is 32.3 Å². The molecule has 0 spiro atoms. The van der Waals surface area contributed by atoms with Crippen LogP contribution in [0, 0.1) is 5.92 Å². The maximum atomic E-state index is 12.6. The summed E-state index contributed by atoms with van der Waals surface area (Å²) in [5.41, 5.74) is 0.178. The Morgan fingerprint density at radius 1 is 1.10 bits per heavy atom. The van der Waals surface area contributed by atoms with Crippen LogP contribution in [-0.2, 0) is 25.7 Å². The van der Waals surface area contributed by atoms with Crippen molar-refractivity contribution in [3.8, 4) is 0 Å². The quantitative estimate of drug-likeness (QED) is 0.417. The fourth-order valence-electron chi connectivity index (χ4n) is 2.38. The molecule has 1 rings (SSSR count). The summed E-state index contributed by atoms with van der Waals surface area (Å²) in [4.78, 5) is 36.5. The fraction of sp³-hybridized carbons (Fsp3) is 0.500. The van der Waals surface area contributed by atoms with Gasteiger partial charge in [0, 0.05) is 6.08 Å². The van der Waals surface area contributed by atoms with E-state index in [2.05, 4.69) is 10.6 Å². The molecule has 3 N–H and O–H groups in total. The van der Waals surface area contributed by atoms with Gasteiger partial charge in [0.25, 0.3) is 0 Å². The molecule has 1 aromatic carbocycles. The third kappa shape index (κ3) is 10.1. The molecule has 2 atom stereocenters. The van der Waals surface area contributed by atoms with Crippen molar-refractivity contribution in [3.05, 3.63) is 48.0 Å². The number of hydrogen-bond donors (Lipinski definition) is 3. The Bertz CT molecular complexity index is 725. The number of carbonyl (C=O) groups is 3. The van der Waals surface area contributed by atoms with E-state index in [1.54, 1.807) is 34.6 Å². The van der Waals surface area contributed by atoms with Crippen LogP contribution < -0.4 is 10.6 Å². The molecule has 0 bridgehead atoms. The molecule has 0 radical (unpaired) electrons. The number of ether oxygens (including phenoxy) is 2. The first-order valence-electron chi connectivity index (χ1n) is 9.81. The molecule has 1 aromatic rings. The smallest absolute Gasteiger partial charge is 0.408 e. The van der Waals surface area contributed by atoms with Crippen LogP contribution >= 0.6 is 0 Å². The van der Waals surface area contributed by atoms with E-state index >= 15 is 0 Å². The molecule has 0 saturated carbocycles. The lowest BCUT2D eigenvalue weighted by molar-refractivity contribution is -0.148. The zero-order chi connectivity index (χ0) is 22.7. The van der Waals surface area contributed by atoms with E-state index in [1.807, 2.05) is 30.3 Å². The number of alkyl carbamates (subject to hydrolysis) is 1. The minimum Gasteiger partial charge on any atom is -0.457 e. The maximum Gasteiger partial charge on any atom is 0.408 e. The highest BCUT2D eigenvalue weighted by Gasteiger charge is 2.26. The van der Waals surface area contributed by atoms with Crippen molar-refractivity contribution in [2.24, 2.45) is 5.92 Å².